The van der Waals surface area contributed by atoms with Crippen LogP contribution in [-0.2, 0) is 21.5 Å². The van der Waals surface area contributed by atoms with E-state index in [1.807, 2.05) is 54.6 Å². The van der Waals surface area contributed by atoms with Crippen LogP contribution in [0.25, 0.3) is 0 Å². The molecule has 7 nitrogen and oxygen atoms in total. The maximum absolute atomic E-state index is 13.3. The largest absolute Gasteiger partial charge is 0.457 e. The molecular weight excluding hydrogens is 418 g/mol. The maximum atomic E-state index is 13.3. The number of aryl methyl sites for hydroxylation is 1. The summed E-state index contributed by atoms with van der Waals surface area (Å²) in [7, 11) is 0. The standard InChI is InChI=1S/C26H23N3O4/c30-23(27-19-12-14-21(15-13-19)33-20-9-2-1-3-10-20)17-29-24(31)26(28-25(29)32)16-6-8-18-7-4-5-11-22(18)26/h1-5,7,9-15H,6,8,16-17H2,(H,27,30)(H,28,32)/t26-/m0/s1. The van der Waals surface area contributed by atoms with Crippen molar-refractivity contribution in [2.24, 2.45) is 0 Å². The van der Waals surface area contributed by atoms with Crippen LogP contribution in [-0.4, -0.2) is 29.3 Å². The van der Waals surface area contributed by atoms with E-state index in [4.69, 9.17) is 4.74 Å². The van der Waals surface area contributed by atoms with Crippen molar-refractivity contribution in [1.29, 1.82) is 0 Å². The zero-order valence-electron chi connectivity index (χ0n) is 17.9. The van der Waals surface area contributed by atoms with E-state index < -0.39 is 17.5 Å². The molecule has 3 aromatic carbocycles. The normalized spacial score (nSPS) is 19.2. The molecule has 1 fully saturated rings. The molecular formula is C26H23N3O4. The van der Waals surface area contributed by atoms with Crippen LogP contribution in [0.15, 0.2) is 78.9 Å². The molecule has 2 aliphatic rings. The molecule has 33 heavy (non-hydrogen) atoms. The number of hydrogen-bond donors (Lipinski definition) is 2. The molecule has 7 heteroatoms. The van der Waals surface area contributed by atoms with Crippen LogP contribution in [0.2, 0.25) is 0 Å². The van der Waals surface area contributed by atoms with Gasteiger partial charge in [0, 0.05) is 5.69 Å². The summed E-state index contributed by atoms with van der Waals surface area (Å²) >= 11 is 0. The third kappa shape index (κ3) is 3.93. The molecule has 2 N–H and O–H groups in total. The molecule has 0 bridgehead atoms. The highest BCUT2D eigenvalue weighted by atomic mass is 16.5. The van der Waals surface area contributed by atoms with Gasteiger partial charge in [0.2, 0.25) is 5.91 Å². The Hall–Kier alpha value is -4.13. The molecule has 166 valence electrons. The first-order chi connectivity index (χ1) is 16.0. The number of nitrogens with one attached hydrogen (secondary N) is 2. The van der Waals surface area contributed by atoms with E-state index in [0.29, 0.717) is 23.6 Å². The molecule has 0 saturated carbocycles. The summed E-state index contributed by atoms with van der Waals surface area (Å²) in [5, 5.41) is 5.61. The number of nitrogens with zero attached hydrogens (tertiary/aromatic N) is 1. The number of rotatable bonds is 5. The summed E-state index contributed by atoms with van der Waals surface area (Å²) in [6.45, 7) is -0.350. The average Bonchev–Trinajstić information content (AvgIpc) is 3.06. The highest BCUT2D eigenvalue weighted by Crippen LogP contribution is 2.39. The minimum absolute atomic E-state index is 0.350. The van der Waals surface area contributed by atoms with Crippen LogP contribution in [0.4, 0.5) is 10.5 Å². The Labute approximate surface area is 191 Å². The van der Waals surface area contributed by atoms with Gasteiger partial charge in [-0.1, -0.05) is 42.5 Å². The number of fused-ring (bicyclic) bond motifs is 2. The predicted octanol–water partition coefficient (Wildman–Crippen LogP) is 4.20. The van der Waals surface area contributed by atoms with Gasteiger partial charge >= 0.3 is 6.03 Å². The van der Waals surface area contributed by atoms with Crippen LogP contribution in [0.1, 0.15) is 24.0 Å². The van der Waals surface area contributed by atoms with E-state index in [1.54, 1.807) is 24.3 Å². The number of ether oxygens (including phenoxy) is 1. The molecule has 1 spiro atoms. The van der Waals surface area contributed by atoms with Crippen LogP contribution < -0.4 is 15.4 Å². The maximum Gasteiger partial charge on any atom is 0.325 e. The summed E-state index contributed by atoms with van der Waals surface area (Å²) in [6.07, 6.45) is 2.18. The van der Waals surface area contributed by atoms with E-state index in [0.717, 1.165) is 28.9 Å². The van der Waals surface area contributed by atoms with Crippen molar-refractivity contribution in [1.82, 2.24) is 10.2 Å². The first kappa shape index (κ1) is 20.8. The first-order valence-corrected chi connectivity index (χ1v) is 10.9. The average molecular weight is 441 g/mol. The molecule has 1 aliphatic carbocycles. The van der Waals surface area contributed by atoms with Gasteiger partial charge in [0.05, 0.1) is 0 Å². The summed E-state index contributed by atoms with van der Waals surface area (Å²) in [4.78, 5) is 39.6. The number of carbonyl (C=O) groups excluding carboxylic acids is 3. The number of imide groups is 1. The van der Waals surface area contributed by atoms with E-state index in [-0.39, 0.29) is 12.5 Å². The Kier molecular flexibility index (Phi) is 5.30. The van der Waals surface area contributed by atoms with Gasteiger partial charge in [0.15, 0.2) is 0 Å². The fraction of sp³-hybridized carbons (Fsp3) is 0.192. The molecule has 0 aromatic heterocycles. The molecule has 3 aromatic rings. The fourth-order valence-corrected chi connectivity index (χ4v) is 4.53. The lowest BCUT2D eigenvalue weighted by atomic mass is 9.76. The molecule has 1 atom stereocenters. The number of urea groups is 1. The molecule has 1 heterocycles. The van der Waals surface area contributed by atoms with Crippen molar-refractivity contribution < 1.29 is 19.1 Å². The number of carbonyl (C=O) groups is 3. The third-order valence-corrected chi connectivity index (χ3v) is 6.07. The lowest BCUT2D eigenvalue weighted by Gasteiger charge is -2.33. The number of para-hydroxylation sites is 1. The van der Waals surface area contributed by atoms with Gasteiger partial charge in [-0.2, -0.15) is 0 Å². The van der Waals surface area contributed by atoms with E-state index in [9.17, 15) is 14.4 Å². The molecule has 5 rings (SSSR count). The summed E-state index contributed by atoms with van der Waals surface area (Å²) in [5.41, 5.74) is 1.35. The number of hydrogen-bond acceptors (Lipinski definition) is 4. The molecule has 4 amide bonds. The second-order valence-corrected chi connectivity index (χ2v) is 8.23. The van der Waals surface area contributed by atoms with Crippen LogP contribution in [0, 0.1) is 0 Å². The predicted molar refractivity (Wildman–Crippen MR) is 123 cm³/mol. The van der Waals surface area contributed by atoms with Crippen LogP contribution in [0.3, 0.4) is 0 Å². The van der Waals surface area contributed by atoms with E-state index in [1.165, 1.54) is 0 Å². The van der Waals surface area contributed by atoms with Crippen molar-refractivity contribution in [2.75, 3.05) is 11.9 Å². The molecule has 0 unspecified atom stereocenters. The second-order valence-electron chi connectivity index (χ2n) is 8.23. The topological polar surface area (TPSA) is 87.7 Å². The number of benzene rings is 3. The monoisotopic (exact) mass is 441 g/mol. The van der Waals surface area contributed by atoms with Gasteiger partial charge < -0.3 is 15.4 Å². The molecule has 1 saturated heterocycles. The lowest BCUT2D eigenvalue weighted by molar-refractivity contribution is -0.134. The van der Waals surface area contributed by atoms with Crippen molar-refractivity contribution in [3.8, 4) is 11.5 Å². The van der Waals surface area contributed by atoms with Gasteiger partial charge in [-0.05, 0) is 66.8 Å². The number of amides is 4. The fourth-order valence-electron chi connectivity index (χ4n) is 4.53. The van der Waals surface area contributed by atoms with E-state index in [2.05, 4.69) is 10.6 Å². The SMILES string of the molecule is O=C(CN1C(=O)N[C@]2(CCCc3ccccc32)C1=O)Nc1ccc(Oc2ccccc2)cc1. The Morgan fingerprint density at radius 1 is 0.939 bits per heavy atom. The summed E-state index contributed by atoms with van der Waals surface area (Å²) in [5.74, 6) is 0.523. The smallest absolute Gasteiger partial charge is 0.325 e. The first-order valence-electron chi connectivity index (χ1n) is 10.9. The van der Waals surface area contributed by atoms with Crippen molar-refractivity contribution in [3.63, 3.8) is 0 Å². The summed E-state index contributed by atoms with van der Waals surface area (Å²) < 4.78 is 5.75. The Balaban J connectivity index is 1.25. The Morgan fingerprint density at radius 3 is 2.42 bits per heavy atom. The molecule has 1 aliphatic heterocycles. The van der Waals surface area contributed by atoms with Crippen molar-refractivity contribution >= 4 is 23.5 Å². The second kappa shape index (κ2) is 8.43. The zero-order chi connectivity index (χ0) is 22.8. The molecule has 0 radical (unpaired) electrons. The van der Waals surface area contributed by atoms with Gasteiger partial charge in [-0.15, -0.1) is 0 Å². The van der Waals surface area contributed by atoms with Gasteiger partial charge in [0.1, 0.15) is 23.6 Å². The van der Waals surface area contributed by atoms with Gasteiger partial charge in [-0.3, -0.25) is 14.5 Å². The van der Waals surface area contributed by atoms with Gasteiger partial charge in [0.25, 0.3) is 5.91 Å². The quantitative estimate of drug-likeness (QED) is 0.581. The number of anilines is 1. The Bertz CT molecular complexity index is 1210. The van der Waals surface area contributed by atoms with Gasteiger partial charge in [-0.25, -0.2) is 4.79 Å². The van der Waals surface area contributed by atoms with Crippen LogP contribution in [0.5, 0.6) is 11.5 Å². The zero-order valence-corrected chi connectivity index (χ0v) is 17.9. The minimum atomic E-state index is -1.08. The minimum Gasteiger partial charge on any atom is -0.457 e. The van der Waals surface area contributed by atoms with E-state index >= 15 is 0 Å². The van der Waals surface area contributed by atoms with Crippen LogP contribution >= 0.6 is 0 Å². The summed E-state index contributed by atoms with van der Waals surface area (Å²) in [6, 6.07) is 23.4. The highest BCUT2D eigenvalue weighted by Gasteiger charge is 2.54. The third-order valence-electron chi connectivity index (χ3n) is 6.07. The highest BCUT2D eigenvalue weighted by molar-refractivity contribution is 6.10. The van der Waals surface area contributed by atoms with Crippen molar-refractivity contribution in [3.05, 3.63) is 90.0 Å². The lowest BCUT2D eigenvalue weighted by Crippen LogP contribution is -2.47. The van der Waals surface area contributed by atoms with Crippen molar-refractivity contribution in [2.45, 2.75) is 24.8 Å². The Morgan fingerprint density at radius 2 is 1.64 bits per heavy atom.